The molecule has 0 aromatic rings. The van der Waals surface area contributed by atoms with Crippen molar-refractivity contribution in [2.45, 2.75) is 27.2 Å². The van der Waals surface area contributed by atoms with Gasteiger partial charge in [0, 0.05) is 12.6 Å². The zero-order chi connectivity index (χ0) is 7.28. The number of nitrogens with one attached hydrogen (secondary N) is 1. The van der Waals surface area contributed by atoms with E-state index in [4.69, 9.17) is 0 Å². The normalized spacial score (nSPS) is 8.33. The van der Waals surface area contributed by atoms with Crippen molar-refractivity contribution in [3.05, 3.63) is 11.8 Å². The molecule has 0 bridgehead atoms. The van der Waals surface area contributed by atoms with E-state index in [-0.39, 0.29) is 5.91 Å². The molecular weight excluding hydrogens is 114 g/mol. The highest BCUT2D eigenvalue weighted by Gasteiger charge is 1.89. The lowest BCUT2D eigenvalue weighted by atomic mass is 10.4. The standard InChI is InChI=1S/C7H13NO/c1-4-7(9)8-5-6(2)3/h5H,4H2,1-3H3,(H,8,9). The molecule has 0 radical (unpaired) electrons. The maximum Gasteiger partial charge on any atom is 0.223 e. The van der Waals surface area contributed by atoms with Crippen LogP contribution in [0.4, 0.5) is 0 Å². The smallest absolute Gasteiger partial charge is 0.223 e. The lowest BCUT2D eigenvalue weighted by molar-refractivity contribution is -0.119. The van der Waals surface area contributed by atoms with Crippen LogP contribution in [0, 0.1) is 0 Å². The zero-order valence-electron chi connectivity index (χ0n) is 6.19. The van der Waals surface area contributed by atoms with Crippen LogP contribution in [0.25, 0.3) is 0 Å². The fourth-order valence-corrected chi connectivity index (χ4v) is 0.327. The highest BCUT2D eigenvalue weighted by atomic mass is 16.1. The first-order valence-corrected chi connectivity index (χ1v) is 3.09. The van der Waals surface area contributed by atoms with E-state index in [0.717, 1.165) is 5.57 Å². The minimum absolute atomic E-state index is 0.0659. The molecule has 1 N–H and O–H groups in total. The van der Waals surface area contributed by atoms with Gasteiger partial charge in [-0.05, 0) is 13.8 Å². The van der Waals surface area contributed by atoms with E-state index < -0.39 is 0 Å². The molecule has 0 saturated carbocycles. The van der Waals surface area contributed by atoms with Crippen molar-refractivity contribution in [2.75, 3.05) is 0 Å². The molecule has 1 amide bonds. The van der Waals surface area contributed by atoms with E-state index in [9.17, 15) is 4.79 Å². The third-order valence-corrected chi connectivity index (χ3v) is 0.843. The number of allylic oxidation sites excluding steroid dienone is 1. The highest BCUT2D eigenvalue weighted by Crippen LogP contribution is 1.84. The molecule has 2 nitrogen and oxygen atoms in total. The van der Waals surface area contributed by atoms with Crippen molar-refractivity contribution in [1.82, 2.24) is 5.32 Å². The van der Waals surface area contributed by atoms with Crippen LogP contribution in [-0.4, -0.2) is 5.91 Å². The molecule has 0 aromatic carbocycles. The Morgan fingerprint density at radius 1 is 1.56 bits per heavy atom. The van der Waals surface area contributed by atoms with Gasteiger partial charge in [0.25, 0.3) is 0 Å². The summed E-state index contributed by atoms with van der Waals surface area (Å²) in [5.41, 5.74) is 1.11. The van der Waals surface area contributed by atoms with Gasteiger partial charge in [0.05, 0.1) is 0 Å². The molecule has 0 aliphatic heterocycles. The van der Waals surface area contributed by atoms with Gasteiger partial charge in [-0.15, -0.1) is 0 Å². The molecule has 0 atom stereocenters. The second-order valence-electron chi connectivity index (χ2n) is 2.14. The van der Waals surface area contributed by atoms with E-state index in [1.54, 1.807) is 6.20 Å². The zero-order valence-corrected chi connectivity index (χ0v) is 6.19. The number of hydrogen-bond acceptors (Lipinski definition) is 1. The summed E-state index contributed by atoms with van der Waals surface area (Å²) >= 11 is 0. The molecule has 0 spiro atoms. The summed E-state index contributed by atoms with van der Waals surface area (Å²) in [6.07, 6.45) is 2.26. The lowest BCUT2D eigenvalue weighted by Gasteiger charge is -1.94. The van der Waals surface area contributed by atoms with Crippen LogP contribution in [0.1, 0.15) is 27.2 Å². The Balaban J connectivity index is 3.50. The summed E-state index contributed by atoms with van der Waals surface area (Å²) in [6.45, 7) is 5.71. The van der Waals surface area contributed by atoms with Crippen molar-refractivity contribution >= 4 is 5.91 Å². The second kappa shape index (κ2) is 4.13. The van der Waals surface area contributed by atoms with Gasteiger partial charge in [-0.25, -0.2) is 0 Å². The van der Waals surface area contributed by atoms with E-state index in [1.807, 2.05) is 20.8 Å². The molecule has 0 aliphatic rings. The molecule has 0 aromatic heterocycles. The minimum Gasteiger partial charge on any atom is -0.333 e. The van der Waals surface area contributed by atoms with Gasteiger partial charge < -0.3 is 5.32 Å². The Labute approximate surface area is 56.0 Å². The monoisotopic (exact) mass is 127 g/mol. The van der Waals surface area contributed by atoms with Gasteiger partial charge in [-0.1, -0.05) is 12.5 Å². The quantitative estimate of drug-likeness (QED) is 0.597. The first-order chi connectivity index (χ1) is 4.16. The van der Waals surface area contributed by atoms with Gasteiger partial charge in [0.15, 0.2) is 0 Å². The first kappa shape index (κ1) is 8.21. The number of hydrogen-bond donors (Lipinski definition) is 1. The summed E-state index contributed by atoms with van der Waals surface area (Å²) in [4.78, 5) is 10.6. The topological polar surface area (TPSA) is 29.1 Å². The summed E-state index contributed by atoms with van der Waals surface area (Å²) in [7, 11) is 0. The van der Waals surface area contributed by atoms with E-state index in [0.29, 0.717) is 6.42 Å². The highest BCUT2D eigenvalue weighted by molar-refractivity contribution is 5.76. The van der Waals surface area contributed by atoms with Crippen molar-refractivity contribution in [2.24, 2.45) is 0 Å². The SMILES string of the molecule is CCC(=O)NC=C(C)C. The number of carbonyl (C=O) groups is 1. The van der Waals surface area contributed by atoms with Crippen LogP contribution < -0.4 is 5.32 Å². The Kier molecular flexibility index (Phi) is 3.76. The molecule has 0 aliphatic carbocycles. The van der Waals surface area contributed by atoms with Gasteiger partial charge in [-0.3, -0.25) is 4.79 Å². The van der Waals surface area contributed by atoms with Crippen LogP contribution >= 0.6 is 0 Å². The third-order valence-electron chi connectivity index (χ3n) is 0.843. The van der Waals surface area contributed by atoms with E-state index in [2.05, 4.69) is 5.32 Å². The Bertz CT molecular complexity index is 123. The molecule has 0 unspecified atom stereocenters. The molecule has 9 heavy (non-hydrogen) atoms. The summed E-state index contributed by atoms with van der Waals surface area (Å²) in [6, 6.07) is 0. The van der Waals surface area contributed by atoms with Crippen molar-refractivity contribution < 1.29 is 4.79 Å². The summed E-state index contributed by atoms with van der Waals surface area (Å²) in [5.74, 6) is 0.0659. The van der Waals surface area contributed by atoms with Crippen molar-refractivity contribution in [1.29, 1.82) is 0 Å². The molecule has 0 saturated heterocycles. The molecule has 0 fully saturated rings. The van der Waals surface area contributed by atoms with Gasteiger partial charge in [-0.2, -0.15) is 0 Å². The molecule has 2 heteroatoms. The van der Waals surface area contributed by atoms with E-state index >= 15 is 0 Å². The Morgan fingerprint density at radius 3 is 2.44 bits per heavy atom. The Hall–Kier alpha value is -0.790. The average Bonchev–Trinajstić information content (AvgIpc) is 1.83. The molecule has 52 valence electrons. The fourth-order valence-electron chi connectivity index (χ4n) is 0.327. The van der Waals surface area contributed by atoms with Gasteiger partial charge in [0.2, 0.25) is 5.91 Å². The first-order valence-electron chi connectivity index (χ1n) is 3.09. The van der Waals surface area contributed by atoms with Crippen LogP contribution in [-0.2, 0) is 4.79 Å². The minimum atomic E-state index is 0.0659. The van der Waals surface area contributed by atoms with Crippen LogP contribution in [0.3, 0.4) is 0 Å². The van der Waals surface area contributed by atoms with E-state index in [1.165, 1.54) is 0 Å². The third kappa shape index (κ3) is 5.07. The summed E-state index contributed by atoms with van der Waals surface area (Å²) < 4.78 is 0. The lowest BCUT2D eigenvalue weighted by Crippen LogP contribution is -2.15. The maximum atomic E-state index is 10.6. The van der Waals surface area contributed by atoms with Crippen LogP contribution in [0.15, 0.2) is 11.8 Å². The van der Waals surface area contributed by atoms with Crippen LogP contribution in [0.2, 0.25) is 0 Å². The molecule has 0 heterocycles. The largest absolute Gasteiger partial charge is 0.333 e. The van der Waals surface area contributed by atoms with Gasteiger partial charge in [0.1, 0.15) is 0 Å². The van der Waals surface area contributed by atoms with Crippen LogP contribution in [0.5, 0.6) is 0 Å². The fraction of sp³-hybridized carbons (Fsp3) is 0.571. The predicted octanol–water partition coefficient (Wildman–Crippen LogP) is 1.44. The second-order valence-corrected chi connectivity index (χ2v) is 2.14. The maximum absolute atomic E-state index is 10.6. The predicted molar refractivity (Wildman–Crippen MR) is 37.9 cm³/mol. The molecule has 0 rings (SSSR count). The van der Waals surface area contributed by atoms with Crippen molar-refractivity contribution in [3.8, 4) is 0 Å². The average molecular weight is 127 g/mol. The summed E-state index contributed by atoms with van der Waals surface area (Å²) in [5, 5.41) is 2.63. The molecular formula is C7H13NO. The number of amides is 1. The Morgan fingerprint density at radius 2 is 2.11 bits per heavy atom. The van der Waals surface area contributed by atoms with Crippen molar-refractivity contribution in [3.63, 3.8) is 0 Å². The number of carbonyl (C=O) groups excluding carboxylic acids is 1. The van der Waals surface area contributed by atoms with Gasteiger partial charge >= 0.3 is 0 Å². The number of rotatable bonds is 2.